The van der Waals surface area contributed by atoms with Crippen LogP contribution in [0, 0.1) is 0 Å². The van der Waals surface area contributed by atoms with Gasteiger partial charge in [0.2, 0.25) is 12.7 Å². The van der Waals surface area contributed by atoms with Crippen LogP contribution in [0.5, 0.6) is 11.5 Å². The maximum atomic E-state index is 12.0. The predicted molar refractivity (Wildman–Crippen MR) is 89.8 cm³/mol. The zero-order valence-electron chi connectivity index (χ0n) is 13.4. The van der Waals surface area contributed by atoms with Crippen LogP contribution in [0.4, 0.5) is 5.69 Å². The minimum Gasteiger partial charge on any atom is -0.454 e. The number of aromatic nitrogens is 1. The van der Waals surface area contributed by atoms with Crippen molar-refractivity contribution in [2.45, 2.75) is 6.92 Å². The molecule has 0 saturated carbocycles. The van der Waals surface area contributed by atoms with Gasteiger partial charge in [-0.1, -0.05) is 0 Å². The van der Waals surface area contributed by atoms with Gasteiger partial charge in [-0.05, 0) is 31.2 Å². The minimum atomic E-state index is -0.345. The summed E-state index contributed by atoms with van der Waals surface area (Å²) in [6.07, 6.45) is 4.38. The third-order valence-electron chi connectivity index (χ3n) is 3.30. The van der Waals surface area contributed by atoms with Gasteiger partial charge in [-0.3, -0.25) is 20.0 Å². The number of carbonyl (C=O) groups excluding carboxylic acids is 2. The van der Waals surface area contributed by atoms with Gasteiger partial charge >= 0.3 is 0 Å². The van der Waals surface area contributed by atoms with E-state index in [4.69, 9.17) is 9.47 Å². The highest BCUT2D eigenvalue weighted by Crippen LogP contribution is 2.34. The first-order valence-electron chi connectivity index (χ1n) is 7.47. The Kier molecular flexibility index (Phi) is 4.79. The van der Waals surface area contributed by atoms with Crippen LogP contribution in [0.2, 0.25) is 0 Å². The van der Waals surface area contributed by atoms with Crippen molar-refractivity contribution in [3.05, 3.63) is 60.1 Å². The number of ether oxygens (including phenoxy) is 2. The lowest BCUT2D eigenvalue weighted by atomic mass is 10.2. The molecular formula is C17H16N4O4. The summed E-state index contributed by atoms with van der Waals surface area (Å²) < 4.78 is 10.5. The summed E-state index contributed by atoms with van der Waals surface area (Å²) in [6, 6.07) is 8.29. The molecule has 0 fully saturated rings. The highest BCUT2D eigenvalue weighted by Gasteiger charge is 2.13. The molecular weight excluding hydrogens is 324 g/mol. The Labute approximate surface area is 143 Å². The molecule has 0 saturated heterocycles. The Bertz CT molecular complexity index is 821. The molecule has 3 N–H and O–H groups in total. The van der Waals surface area contributed by atoms with Crippen molar-refractivity contribution in [1.82, 2.24) is 15.8 Å². The van der Waals surface area contributed by atoms with E-state index in [0.717, 1.165) is 0 Å². The van der Waals surface area contributed by atoms with Crippen molar-refractivity contribution >= 4 is 17.5 Å². The van der Waals surface area contributed by atoms with E-state index in [1.807, 2.05) is 0 Å². The largest absolute Gasteiger partial charge is 0.454 e. The molecule has 8 heteroatoms. The zero-order valence-corrected chi connectivity index (χ0v) is 13.4. The molecule has 0 radical (unpaired) electrons. The fourth-order valence-corrected chi connectivity index (χ4v) is 2.12. The quantitative estimate of drug-likeness (QED) is 0.564. The average Bonchev–Trinajstić information content (AvgIpc) is 3.08. The number of nitrogens with zero attached hydrogens (tertiary/aromatic N) is 1. The Hall–Kier alpha value is -3.55. The second-order valence-electron chi connectivity index (χ2n) is 5.20. The predicted octanol–water partition coefficient (Wildman–Crippen LogP) is 1.59. The number of hydrazine groups is 1. The minimum absolute atomic E-state index is 0.173. The summed E-state index contributed by atoms with van der Waals surface area (Å²) in [7, 11) is 0. The van der Waals surface area contributed by atoms with Crippen molar-refractivity contribution < 1.29 is 19.1 Å². The number of anilines is 1. The molecule has 1 aromatic carbocycles. The van der Waals surface area contributed by atoms with Crippen LogP contribution in [0.15, 0.2) is 54.5 Å². The highest BCUT2D eigenvalue weighted by molar-refractivity contribution is 6.00. The molecule has 2 aromatic rings. The lowest BCUT2D eigenvalue weighted by molar-refractivity contribution is -0.112. The fourth-order valence-electron chi connectivity index (χ4n) is 2.12. The summed E-state index contributed by atoms with van der Waals surface area (Å²) in [5.74, 6) is 0.555. The lowest BCUT2D eigenvalue weighted by Crippen LogP contribution is -2.36. The topological polar surface area (TPSA) is 102 Å². The average molecular weight is 340 g/mol. The molecule has 128 valence electrons. The van der Waals surface area contributed by atoms with Crippen molar-refractivity contribution in [3.63, 3.8) is 0 Å². The van der Waals surface area contributed by atoms with Gasteiger partial charge in [0.05, 0.1) is 0 Å². The molecule has 3 rings (SSSR count). The molecule has 0 unspecified atom stereocenters. The van der Waals surface area contributed by atoms with Gasteiger partial charge in [-0.2, -0.15) is 0 Å². The van der Waals surface area contributed by atoms with Crippen molar-refractivity contribution in [3.8, 4) is 11.5 Å². The Morgan fingerprint density at radius 3 is 2.64 bits per heavy atom. The number of pyridine rings is 1. The number of nitrogens with one attached hydrogen (secondary N) is 3. The maximum Gasteiger partial charge on any atom is 0.269 e. The number of carbonyl (C=O) groups is 2. The van der Waals surface area contributed by atoms with Gasteiger partial charge in [-0.25, -0.2) is 0 Å². The van der Waals surface area contributed by atoms with Gasteiger partial charge in [0, 0.05) is 41.5 Å². The number of fused-ring (bicyclic) bond motifs is 1. The van der Waals surface area contributed by atoms with Gasteiger partial charge in [0.1, 0.15) is 0 Å². The van der Waals surface area contributed by atoms with E-state index in [-0.39, 0.29) is 18.6 Å². The molecule has 2 amide bonds. The number of benzene rings is 1. The van der Waals surface area contributed by atoms with Gasteiger partial charge in [-0.15, -0.1) is 0 Å². The maximum absolute atomic E-state index is 12.0. The van der Waals surface area contributed by atoms with Crippen molar-refractivity contribution in [2.75, 3.05) is 12.1 Å². The first-order valence-corrected chi connectivity index (χ1v) is 7.47. The Morgan fingerprint density at radius 1 is 1.08 bits per heavy atom. The van der Waals surface area contributed by atoms with E-state index in [1.54, 1.807) is 37.3 Å². The summed E-state index contributed by atoms with van der Waals surface area (Å²) in [5.41, 5.74) is 6.69. The smallest absolute Gasteiger partial charge is 0.269 e. The molecule has 0 spiro atoms. The van der Waals surface area contributed by atoms with Gasteiger partial charge < -0.3 is 20.2 Å². The SMILES string of the molecule is C/C(=C/C(=O)Nc1ccc2c(c1)OCO2)NNC(=O)c1ccncc1. The van der Waals surface area contributed by atoms with Crippen LogP contribution in [-0.2, 0) is 4.79 Å². The number of allylic oxidation sites excluding steroid dienone is 1. The normalized spacial score (nSPS) is 12.4. The Balaban J connectivity index is 1.53. The van der Waals surface area contributed by atoms with Crippen LogP contribution in [0.25, 0.3) is 0 Å². The third kappa shape index (κ3) is 4.25. The van der Waals surface area contributed by atoms with Crippen LogP contribution in [0.3, 0.4) is 0 Å². The number of amides is 2. The highest BCUT2D eigenvalue weighted by atomic mass is 16.7. The number of rotatable bonds is 5. The molecule has 8 nitrogen and oxygen atoms in total. The molecule has 1 aliphatic heterocycles. The molecule has 25 heavy (non-hydrogen) atoms. The Morgan fingerprint density at radius 2 is 1.84 bits per heavy atom. The van der Waals surface area contributed by atoms with E-state index in [0.29, 0.717) is 28.4 Å². The van der Waals surface area contributed by atoms with E-state index >= 15 is 0 Å². The van der Waals surface area contributed by atoms with Crippen molar-refractivity contribution in [1.29, 1.82) is 0 Å². The van der Waals surface area contributed by atoms with Crippen LogP contribution in [-0.4, -0.2) is 23.6 Å². The molecule has 1 aliphatic rings. The number of hydrogen-bond acceptors (Lipinski definition) is 6. The number of hydrogen-bond donors (Lipinski definition) is 3. The second-order valence-corrected chi connectivity index (χ2v) is 5.20. The summed E-state index contributed by atoms with van der Waals surface area (Å²) in [6.45, 7) is 1.83. The van der Waals surface area contributed by atoms with Crippen LogP contribution >= 0.6 is 0 Å². The molecule has 0 aliphatic carbocycles. The summed E-state index contributed by atoms with van der Waals surface area (Å²) in [4.78, 5) is 27.7. The van der Waals surface area contributed by atoms with E-state index in [9.17, 15) is 9.59 Å². The van der Waals surface area contributed by atoms with Gasteiger partial charge in [0.25, 0.3) is 5.91 Å². The molecule has 0 bridgehead atoms. The van der Waals surface area contributed by atoms with E-state index in [1.165, 1.54) is 18.5 Å². The van der Waals surface area contributed by atoms with E-state index in [2.05, 4.69) is 21.2 Å². The molecule has 2 heterocycles. The fraction of sp³-hybridized carbons (Fsp3) is 0.118. The summed E-state index contributed by atoms with van der Waals surface area (Å²) in [5, 5.41) is 2.71. The molecule has 1 aromatic heterocycles. The first-order chi connectivity index (χ1) is 12.1. The third-order valence-corrected chi connectivity index (χ3v) is 3.30. The van der Waals surface area contributed by atoms with Crippen LogP contribution < -0.4 is 25.6 Å². The van der Waals surface area contributed by atoms with E-state index < -0.39 is 0 Å². The monoisotopic (exact) mass is 340 g/mol. The zero-order chi connectivity index (χ0) is 17.6. The second kappa shape index (κ2) is 7.35. The first kappa shape index (κ1) is 16.3. The lowest BCUT2D eigenvalue weighted by Gasteiger charge is -2.09. The standard InChI is InChI=1S/C17H16N4O4/c1-11(20-21-17(23)12-4-6-18-7-5-12)8-16(22)19-13-2-3-14-15(9-13)25-10-24-14/h2-9,20H,10H2,1H3,(H,19,22)(H,21,23)/b11-8-. The van der Waals surface area contributed by atoms with Crippen molar-refractivity contribution in [2.24, 2.45) is 0 Å². The molecule has 0 atom stereocenters. The van der Waals surface area contributed by atoms with Crippen LogP contribution in [0.1, 0.15) is 17.3 Å². The van der Waals surface area contributed by atoms with Gasteiger partial charge in [0.15, 0.2) is 11.5 Å². The summed E-state index contributed by atoms with van der Waals surface area (Å²) >= 11 is 0.